The van der Waals surface area contributed by atoms with Crippen LogP contribution in [-0.4, -0.2) is 20.3 Å². The van der Waals surface area contributed by atoms with Crippen LogP contribution in [0.5, 0.6) is 0 Å². The molecule has 0 aliphatic carbocycles. The van der Waals surface area contributed by atoms with Gasteiger partial charge in [0.15, 0.2) is 0 Å². The van der Waals surface area contributed by atoms with Crippen LogP contribution in [0.4, 0.5) is 4.39 Å². The van der Waals surface area contributed by atoms with Gasteiger partial charge in [-0.25, -0.2) is 4.39 Å². The number of methoxy groups -OCH3 is 1. The third-order valence-corrected chi connectivity index (χ3v) is 3.08. The van der Waals surface area contributed by atoms with E-state index in [4.69, 9.17) is 4.74 Å². The zero-order valence-electron chi connectivity index (χ0n) is 11.8. The van der Waals surface area contributed by atoms with Crippen molar-refractivity contribution in [2.75, 3.05) is 20.3 Å². The number of ether oxygens (including phenoxy) is 1. The molecule has 3 heteroatoms. The van der Waals surface area contributed by atoms with Gasteiger partial charge < -0.3 is 10.1 Å². The normalized spacial score (nSPS) is 12.7. The summed E-state index contributed by atoms with van der Waals surface area (Å²) >= 11 is 0. The van der Waals surface area contributed by atoms with Crippen LogP contribution in [0.1, 0.15) is 42.5 Å². The number of hydrogen-bond acceptors (Lipinski definition) is 2. The van der Waals surface area contributed by atoms with Crippen LogP contribution in [0, 0.1) is 19.7 Å². The lowest BCUT2D eigenvalue weighted by molar-refractivity contribution is 0.182. The zero-order chi connectivity index (χ0) is 13.5. The van der Waals surface area contributed by atoms with Crippen molar-refractivity contribution in [1.82, 2.24) is 5.32 Å². The average Bonchev–Trinajstić information content (AvgIpc) is 2.30. The zero-order valence-corrected chi connectivity index (χ0v) is 11.8. The number of benzene rings is 1. The summed E-state index contributed by atoms with van der Waals surface area (Å²) in [6, 6.07) is 3.67. The van der Waals surface area contributed by atoms with Gasteiger partial charge in [0.1, 0.15) is 5.82 Å². The number of aryl methyl sites for hydroxylation is 2. The molecular weight excluding hydrogens is 229 g/mol. The second kappa shape index (κ2) is 7.49. The van der Waals surface area contributed by atoms with Crippen molar-refractivity contribution < 1.29 is 9.13 Å². The lowest BCUT2D eigenvalue weighted by Gasteiger charge is -2.21. The Labute approximate surface area is 110 Å². The molecule has 102 valence electrons. The van der Waals surface area contributed by atoms with Gasteiger partial charge in [0.2, 0.25) is 0 Å². The first-order valence-electron chi connectivity index (χ1n) is 6.59. The minimum absolute atomic E-state index is 0.0329. The number of hydrogen-bond donors (Lipinski definition) is 1. The van der Waals surface area contributed by atoms with Gasteiger partial charge in [0.05, 0.1) is 0 Å². The van der Waals surface area contributed by atoms with Crippen molar-refractivity contribution in [2.24, 2.45) is 0 Å². The lowest BCUT2D eigenvalue weighted by Crippen LogP contribution is -2.25. The van der Waals surface area contributed by atoms with Crippen LogP contribution in [0.2, 0.25) is 0 Å². The smallest absolute Gasteiger partial charge is 0.128 e. The summed E-state index contributed by atoms with van der Waals surface area (Å²) in [5.74, 6) is -0.114. The van der Waals surface area contributed by atoms with Crippen LogP contribution in [0.15, 0.2) is 12.1 Å². The van der Waals surface area contributed by atoms with Crippen molar-refractivity contribution in [2.45, 2.75) is 39.7 Å². The summed E-state index contributed by atoms with van der Waals surface area (Å²) in [6.07, 6.45) is 1.83. The topological polar surface area (TPSA) is 21.3 Å². The minimum Gasteiger partial charge on any atom is -0.385 e. The van der Waals surface area contributed by atoms with Gasteiger partial charge in [-0.2, -0.15) is 0 Å². The largest absolute Gasteiger partial charge is 0.385 e. The Morgan fingerprint density at radius 1 is 1.33 bits per heavy atom. The highest BCUT2D eigenvalue weighted by Crippen LogP contribution is 2.25. The Morgan fingerprint density at radius 2 is 2.06 bits per heavy atom. The first-order valence-corrected chi connectivity index (χ1v) is 6.59. The molecule has 0 bridgehead atoms. The quantitative estimate of drug-likeness (QED) is 0.802. The number of nitrogens with one attached hydrogen (secondary N) is 1. The molecule has 0 saturated heterocycles. The fraction of sp³-hybridized carbons (Fsp3) is 0.600. The van der Waals surface area contributed by atoms with Crippen molar-refractivity contribution in [3.8, 4) is 0 Å². The SMILES string of the molecule is CCCNC(CCOC)c1c(C)cc(C)cc1F. The van der Waals surface area contributed by atoms with Crippen LogP contribution < -0.4 is 5.32 Å². The standard InChI is InChI=1S/C15H24FNO/c1-5-7-17-14(6-8-18-4)15-12(3)9-11(2)10-13(15)16/h9-10,14,17H,5-8H2,1-4H3. The van der Waals surface area contributed by atoms with Gasteiger partial charge >= 0.3 is 0 Å². The molecule has 1 aromatic rings. The first kappa shape index (κ1) is 15.1. The molecular formula is C15H24FNO. The van der Waals surface area contributed by atoms with E-state index in [0.717, 1.165) is 36.1 Å². The molecule has 18 heavy (non-hydrogen) atoms. The van der Waals surface area contributed by atoms with E-state index in [1.54, 1.807) is 13.2 Å². The number of halogens is 1. The molecule has 0 saturated carbocycles. The van der Waals surface area contributed by atoms with Gasteiger partial charge in [-0.1, -0.05) is 13.0 Å². The summed E-state index contributed by atoms with van der Waals surface area (Å²) in [6.45, 7) is 7.52. The van der Waals surface area contributed by atoms with E-state index in [2.05, 4.69) is 12.2 Å². The monoisotopic (exact) mass is 253 g/mol. The van der Waals surface area contributed by atoms with Crippen molar-refractivity contribution in [3.05, 3.63) is 34.6 Å². The van der Waals surface area contributed by atoms with E-state index in [1.807, 2.05) is 19.9 Å². The fourth-order valence-electron chi connectivity index (χ4n) is 2.27. The minimum atomic E-state index is -0.114. The van der Waals surface area contributed by atoms with Gasteiger partial charge in [-0.05, 0) is 50.4 Å². The molecule has 0 aromatic heterocycles. The highest BCUT2D eigenvalue weighted by molar-refractivity contribution is 5.34. The molecule has 0 fully saturated rings. The van der Waals surface area contributed by atoms with Crippen LogP contribution in [-0.2, 0) is 4.74 Å². The Balaban J connectivity index is 2.95. The summed E-state index contributed by atoms with van der Waals surface area (Å²) in [7, 11) is 1.68. The molecule has 1 unspecified atom stereocenters. The predicted molar refractivity (Wildman–Crippen MR) is 73.4 cm³/mol. The molecule has 1 rings (SSSR count). The maximum atomic E-state index is 14.1. The van der Waals surface area contributed by atoms with E-state index in [1.165, 1.54) is 0 Å². The van der Waals surface area contributed by atoms with E-state index in [0.29, 0.717) is 6.61 Å². The molecule has 0 aliphatic rings. The molecule has 0 amide bonds. The van der Waals surface area contributed by atoms with Gasteiger partial charge in [-0.3, -0.25) is 0 Å². The molecule has 1 aromatic carbocycles. The summed E-state index contributed by atoms with van der Waals surface area (Å²) in [4.78, 5) is 0. The maximum Gasteiger partial charge on any atom is 0.128 e. The molecule has 1 atom stereocenters. The Bertz CT molecular complexity index is 348. The molecule has 0 heterocycles. The third-order valence-electron chi connectivity index (χ3n) is 3.08. The second-order valence-electron chi connectivity index (χ2n) is 4.77. The van der Waals surface area contributed by atoms with Crippen LogP contribution >= 0.6 is 0 Å². The van der Waals surface area contributed by atoms with E-state index in [-0.39, 0.29) is 11.9 Å². The molecule has 0 aliphatic heterocycles. The second-order valence-corrected chi connectivity index (χ2v) is 4.77. The third kappa shape index (κ3) is 4.07. The van der Waals surface area contributed by atoms with Crippen molar-refractivity contribution in [3.63, 3.8) is 0 Å². The van der Waals surface area contributed by atoms with E-state index >= 15 is 0 Å². The Morgan fingerprint density at radius 3 is 2.61 bits per heavy atom. The lowest BCUT2D eigenvalue weighted by atomic mass is 9.96. The first-order chi connectivity index (χ1) is 8.60. The highest BCUT2D eigenvalue weighted by atomic mass is 19.1. The molecule has 0 spiro atoms. The average molecular weight is 253 g/mol. The Hall–Kier alpha value is -0.930. The van der Waals surface area contributed by atoms with Crippen LogP contribution in [0.25, 0.3) is 0 Å². The van der Waals surface area contributed by atoms with E-state index in [9.17, 15) is 4.39 Å². The van der Waals surface area contributed by atoms with Gasteiger partial charge in [0, 0.05) is 25.3 Å². The molecule has 1 N–H and O–H groups in total. The van der Waals surface area contributed by atoms with Gasteiger partial charge in [0.25, 0.3) is 0 Å². The van der Waals surface area contributed by atoms with Crippen LogP contribution in [0.3, 0.4) is 0 Å². The maximum absolute atomic E-state index is 14.1. The van der Waals surface area contributed by atoms with Crippen molar-refractivity contribution >= 4 is 0 Å². The van der Waals surface area contributed by atoms with E-state index < -0.39 is 0 Å². The molecule has 2 nitrogen and oxygen atoms in total. The molecule has 0 radical (unpaired) electrons. The summed E-state index contributed by atoms with van der Waals surface area (Å²) < 4.78 is 19.2. The highest BCUT2D eigenvalue weighted by Gasteiger charge is 2.17. The Kier molecular flexibility index (Phi) is 6.30. The van der Waals surface area contributed by atoms with Crippen molar-refractivity contribution in [1.29, 1.82) is 0 Å². The van der Waals surface area contributed by atoms with Gasteiger partial charge in [-0.15, -0.1) is 0 Å². The summed E-state index contributed by atoms with van der Waals surface area (Å²) in [5.41, 5.74) is 2.76. The fourth-order valence-corrected chi connectivity index (χ4v) is 2.27. The predicted octanol–water partition coefficient (Wildman–Crippen LogP) is 3.52. The summed E-state index contributed by atoms with van der Waals surface area (Å²) in [5, 5.41) is 3.40. The number of rotatable bonds is 7.